The molecule has 1 aliphatic rings. The van der Waals surface area contributed by atoms with Gasteiger partial charge in [-0.15, -0.1) is 0 Å². The summed E-state index contributed by atoms with van der Waals surface area (Å²) in [5.41, 5.74) is 3.16. The second-order valence-corrected chi connectivity index (χ2v) is 6.79. The van der Waals surface area contributed by atoms with E-state index in [9.17, 15) is 9.59 Å². The summed E-state index contributed by atoms with van der Waals surface area (Å²) in [6.07, 6.45) is 4.83. The predicted octanol–water partition coefficient (Wildman–Crippen LogP) is 3.64. The van der Waals surface area contributed by atoms with E-state index in [1.54, 1.807) is 12.4 Å². The Morgan fingerprint density at radius 2 is 2.08 bits per heavy atom. The first-order valence-corrected chi connectivity index (χ1v) is 8.66. The number of thioether (sulfide) groups is 1. The van der Waals surface area contributed by atoms with Gasteiger partial charge in [0.25, 0.3) is 5.24 Å². The number of carbonyl (C=O) groups is 2. The molecule has 0 aliphatic carbocycles. The zero-order chi connectivity index (χ0) is 17.1. The zero-order valence-electron chi connectivity index (χ0n) is 13.5. The molecule has 3 rings (SSSR count). The molecule has 0 bridgehead atoms. The van der Waals surface area contributed by atoms with E-state index < -0.39 is 0 Å². The molecule has 5 nitrogen and oxygen atoms in total. The molecule has 6 heteroatoms. The summed E-state index contributed by atoms with van der Waals surface area (Å²) < 4.78 is 5.94. The fourth-order valence-electron chi connectivity index (χ4n) is 2.62. The quantitative estimate of drug-likeness (QED) is 0.898. The zero-order valence-corrected chi connectivity index (χ0v) is 14.4. The molecule has 24 heavy (non-hydrogen) atoms. The molecule has 1 aliphatic heterocycles. The van der Waals surface area contributed by atoms with Crippen LogP contribution in [-0.4, -0.2) is 21.4 Å². The van der Waals surface area contributed by atoms with Gasteiger partial charge in [0.1, 0.15) is 11.5 Å². The van der Waals surface area contributed by atoms with E-state index in [1.807, 2.05) is 31.2 Å². The van der Waals surface area contributed by atoms with Crippen LogP contribution in [0.3, 0.4) is 0 Å². The number of nitrogens with zero attached hydrogens (tertiary/aromatic N) is 1. The highest BCUT2D eigenvalue weighted by atomic mass is 32.2. The van der Waals surface area contributed by atoms with Gasteiger partial charge in [-0.1, -0.05) is 24.8 Å². The van der Waals surface area contributed by atoms with Crippen molar-refractivity contribution in [2.75, 3.05) is 0 Å². The maximum atomic E-state index is 11.8. The van der Waals surface area contributed by atoms with Crippen LogP contribution in [0, 0.1) is 6.92 Å². The number of pyridine rings is 1. The third-order valence-electron chi connectivity index (χ3n) is 3.93. The minimum atomic E-state index is -0.350. The van der Waals surface area contributed by atoms with Crippen molar-refractivity contribution in [3.05, 3.63) is 53.3 Å². The minimum absolute atomic E-state index is 0.209. The highest BCUT2D eigenvalue weighted by molar-refractivity contribution is 8.15. The summed E-state index contributed by atoms with van der Waals surface area (Å²) in [5.74, 6) is 1.32. The van der Waals surface area contributed by atoms with Gasteiger partial charge in [0.2, 0.25) is 5.91 Å². The van der Waals surface area contributed by atoms with Crippen molar-refractivity contribution in [2.24, 2.45) is 0 Å². The Balaban J connectivity index is 1.79. The average molecular weight is 342 g/mol. The number of ether oxygens (including phenoxy) is 1. The van der Waals surface area contributed by atoms with Crippen LogP contribution in [0.5, 0.6) is 11.5 Å². The molecule has 0 spiro atoms. The summed E-state index contributed by atoms with van der Waals surface area (Å²) in [7, 11) is 0. The lowest BCUT2D eigenvalue weighted by Crippen LogP contribution is -2.25. The second kappa shape index (κ2) is 7.05. The van der Waals surface area contributed by atoms with Gasteiger partial charge in [-0.3, -0.25) is 19.9 Å². The summed E-state index contributed by atoms with van der Waals surface area (Å²) in [4.78, 5) is 27.1. The van der Waals surface area contributed by atoms with Gasteiger partial charge in [0, 0.05) is 18.0 Å². The van der Waals surface area contributed by atoms with Gasteiger partial charge in [-0.05, 0) is 49.1 Å². The third kappa shape index (κ3) is 3.59. The van der Waals surface area contributed by atoms with Crippen LogP contribution in [0.1, 0.15) is 23.6 Å². The van der Waals surface area contributed by atoms with Crippen molar-refractivity contribution >= 4 is 22.9 Å². The first-order valence-electron chi connectivity index (χ1n) is 7.78. The number of aromatic nitrogens is 1. The fourth-order valence-corrected chi connectivity index (χ4v) is 3.47. The van der Waals surface area contributed by atoms with E-state index >= 15 is 0 Å². The number of benzene rings is 1. The van der Waals surface area contributed by atoms with Gasteiger partial charge in [-0.25, -0.2) is 0 Å². The van der Waals surface area contributed by atoms with Crippen molar-refractivity contribution in [1.29, 1.82) is 0 Å². The smallest absolute Gasteiger partial charge is 0.286 e. The Labute approximate surface area is 144 Å². The number of hydrogen-bond acceptors (Lipinski definition) is 5. The molecule has 2 aromatic rings. The van der Waals surface area contributed by atoms with E-state index in [2.05, 4.69) is 17.2 Å². The Hall–Kier alpha value is -2.34. The lowest BCUT2D eigenvalue weighted by atomic mass is 10.00. The second-order valence-electron chi connectivity index (χ2n) is 5.61. The standard InChI is InChI=1S/C18H18N2O3S/c1-3-12-8-14(23-15-6-7-19-10-11(15)2)5-4-13(12)9-16-17(21)20-18(22)24-16/h4-8,10,16H,3,9H2,1-2H3,(H,20,21,22). The molecular formula is C18H18N2O3S. The first kappa shape index (κ1) is 16.5. The number of rotatable bonds is 5. The van der Waals surface area contributed by atoms with Gasteiger partial charge in [-0.2, -0.15) is 0 Å². The Bertz CT molecular complexity index is 792. The SMILES string of the molecule is CCc1cc(Oc2ccncc2C)ccc1CC1SC(=O)NC1=O. The highest BCUT2D eigenvalue weighted by Crippen LogP contribution is 2.29. The van der Waals surface area contributed by atoms with Crippen molar-refractivity contribution < 1.29 is 14.3 Å². The van der Waals surface area contributed by atoms with Crippen molar-refractivity contribution in [3.8, 4) is 11.5 Å². The van der Waals surface area contributed by atoms with Gasteiger partial charge >= 0.3 is 0 Å². The molecule has 1 fully saturated rings. The number of aryl methyl sites for hydroxylation is 2. The highest BCUT2D eigenvalue weighted by Gasteiger charge is 2.31. The summed E-state index contributed by atoms with van der Waals surface area (Å²) in [5, 5.41) is 1.71. The number of nitrogens with one attached hydrogen (secondary N) is 1. The Morgan fingerprint density at radius 1 is 1.25 bits per heavy atom. The first-order chi connectivity index (χ1) is 11.6. The molecular weight excluding hydrogens is 324 g/mol. The summed E-state index contributed by atoms with van der Waals surface area (Å²) in [6, 6.07) is 7.70. The van der Waals surface area contributed by atoms with Crippen molar-refractivity contribution in [1.82, 2.24) is 10.3 Å². The molecule has 0 radical (unpaired) electrons. The van der Waals surface area contributed by atoms with Crippen molar-refractivity contribution in [2.45, 2.75) is 31.9 Å². The fraction of sp³-hybridized carbons (Fsp3) is 0.278. The summed E-state index contributed by atoms with van der Waals surface area (Å²) in [6.45, 7) is 4.01. The van der Waals surface area contributed by atoms with Crippen LogP contribution in [-0.2, 0) is 17.6 Å². The number of hydrogen-bond donors (Lipinski definition) is 1. The monoisotopic (exact) mass is 342 g/mol. The minimum Gasteiger partial charge on any atom is -0.457 e. The molecule has 2 amide bonds. The molecule has 1 atom stereocenters. The van der Waals surface area contributed by atoms with Gasteiger partial charge in [0.15, 0.2) is 0 Å². The van der Waals surface area contributed by atoms with Crippen LogP contribution in [0.4, 0.5) is 4.79 Å². The van der Waals surface area contributed by atoms with Gasteiger partial charge in [0.05, 0.1) is 5.25 Å². The largest absolute Gasteiger partial charge is 0.457 e. The molecule has 1 aromatic heterocycles. The van der Waals surface area contributed by atoms with E-state index in [1.165, 1.54) is 0 Å². The number of carbonyl (C=O) groups excluding carboxylic acids is 2. The van der Waals surface area contributed by atoms with E-state index in [4.69, 9.17) is 4.74 Å². The van der Waals surface area contributed by atoms with Crippen LogP contribution in [0.25, 0.3) is 0 Å². The maximum Gasteiger partial charge on any atom is 0.286 e. The Morgan fingerprint density at radius 3 is 2.75 bits per heavy atom. The maximum absolute atomic E-state index is 11.8. The molecule has 2 heterocycles. The van der Waals surface area contributed by atoms with Crippen LogP contribution < -0.4 is 10.1 Å². The van der Waals surface area contributed by atoms with Gasteiger partial charge < -0.3 is 4.74 Å². The Kier molecular flexibility index (Phi) is 4.85. The lowest BCUT2D eigenvalue weighted by molar-refractivity contribution is -0.118. The van der Waals surface area contributed by atoms with E-state index in [0.29, 0.717) is 6.42 Å². The lowest BCUT2D eigenvalue weighted by Gasteiger charge is -2.14. The molecule has 1 N–H and O–H groups in total. The van der Waals surface area contributed by atoms with Crippen LogP contribution in [0.15, 0.2) is 36.7 Å². The molecule has 1 unspecified atom stereocenters. The van der Waals surface area contributed by atoms with Crippen LogP contribution in [0.2, 0.25) is 0 Å². The molecule has 1 saturated heterocycles. The third-order valence-corrected chi connectivity index (χ3v) is 4.91. The molecule has 0 saturated carbocycles. The predicted molar refractivity (Wildman–Crippen MR) is 93.5 cm³/mol. The van der Waals surface area contributed by atoms with Crippen LogP contribution >= 0.6 is 11.8 Å². The molecule has 124 valence electrons. The normalized spacial score (nSPS) is 17.0. The van der Waals surface area contributed by atoms with Crippen molar-refractivity contribution in [3.63, 3.8) is 0 Å². The summed E-state index contributed by atoms with van der Waals surface area (Å²) >= 11 is 1.06. The topological polar surface area (TPSA) is 68.3 Å². The average Bonchev–Trinajstić information content (AvgIpc) is 2.88. The van der Waals surface area contributed by atoms with E-state index in [0.717, 1.165) is 46.4 Å². The number of imide groups is 1. The molecule has 1 aromatic carbocycles. The van der Waals surface area contributed by atoms with E-state index in [-0.39, 0.29) is 16.4 Å². The number of amides is 2.